The van der Waals surface area contributed by atoms with Crippen molar-refractivity contribution in [1.82, 2.24) is 5.32 Å². The molecule has 6 heteroatoms. The SMILES string of the molecule is CCCCCC(O)/C=C/C1C2CC(OO2)C1C/C=C/CCCC(=O)NCCO. The van der Waals surface area contributed by atoms with Gasteiger partial charge in [-0.15, -0.1) is 0 Å². The quantitative estimate of drug-likeness (QED) is 0.239. The number of nitrogens with one attached hydrogen (secondary N) is 1. The average Bonchev–Trinajstić information content (AvgIpc) is 3.29. The number of rotatable bonds is 14. The molecule has 0 aromatic heterocycles. The van der Waals surface area contributed by atoms with Gasteiger partial charge in [-0.25, -0.2) is 9.78 Å². The summed E-state index contributed by atoms with van der Waals surface area (Å²) in [5.41, 5.74) is 0. The lowest BCUT2D eigenvalue weighted by Crippen LogP contribution is -2.28. The van der Waals surface area contributed by atoms with Crippen LogP contribution in [0, 0.1) is 11.8 Å². The van der Waals surface area contributed by atoms with Crippen LogP contribution in [0.2, 0.25) is 0 Å². The van der Waals surface area contributed by atoms with Gasteiger partial charge in [-0.3, -0.25) is 4.79 Å². The monoisotopic (exact) mass is 395 g/mol. The Morgan fingerprint density at radius 3 is 2.82 bits per heavy atom. The van der Waals surface area contributed by atoms with Gasteiger partial charge >= 0.3 is 0 Å². The first-order chi connectivity index (χ1) is 13.7. The molecule has 28 heavy (non-hydrogen) atoms. The number of amides is 1. The van der Waals surface area contributed by atoms with E-state index in [1.165, 1.54) is 0 Å². The highest BCUT2D eigenvalue weighted by molar-refractivity contribution is 5.75. The summed E-state index contributed by atoms with van der Waals surface area (Å²) in [4.78, 5) is 22.3. The van der Waals surface area contributed by atoms with E-state index in [-0.39, 0.29) is 36.7 Å². The van der Waals surface area contributed by atoms with Gasteiger partial charge in [0.1, 0.15) is 6.10 Å². The Kier molecular flexibility index (Phi) is 10.8. The minimum Gasteiger partial charge on any atom is -0.395 e. The van der Waals surface area contributed by atoms with E-state index < -0.39 is 0 Å². The van der Waals surface area contributed by atoms with Crippen molar-refractivity contribution in [1.29, 1.82) is 0 Å². The molecule has 1 aliphatic heterocycles. The zero-order chi connectivity index (χ0) is 20.2. The molecular formula is C22H37NO5. The molecule has 5 atom stereocenters. The van der Waals surface area contributed by atoms with Gasteiger partial charge < -0.3 is 15.5 Å². The Balaban J connectivity index is 1.71. The lowest BCUT2D eigenvalue weighted by molar-refractivity contribution is -0.336. The molecular weight excluding hydrogens is 358 g/mol. The van der Waals surface area contributed by atoms with Crippen molar-refractivity contribution < 1.29 is 24.8 Å². The third kappa shape index (κ3) is 7.66. The lowest BCUT2D eigenvalue weighted by Gasteiger charge is -2.27. The van der Waals surface area contributed by atoms with Crippen molar-refractivity contribution in [3.63, 3.8) is 0 Å². The van der Waals surface area contributed by atoms with Crippen LogP contribution in [-0.4, -0.2) is 47.6 Å². The van der Waals surface area contributed by atoms with Crippen LogP contribution < -0.4 is 5.32 Å². The van der Waals surface area contributed by atoms with Crippen LogP contribution in [0.5, 0.6) is 0 Å². The molecule has 160 valence electrons. The third-order valence-corrected chi connectivity index (χ3v) is 5.61. The number of aliphatic hydroxyl groups excluding tert-OH is 2. The summed E-state index contributed by atoms with van der Waals surface area (Å²) in [5, 5.41) is 21.5. The van der Waals surface area contributed by atoms with Gasteiger partial charge in [0.25, 0.3) is 0 Å². The second-order valence-electron chi connectivity index (χ2n) is 7.87. The molecule has 0 radical (unpaired) electrons. The first-order valence-corrected chi connectivity index (χ1v) is 10.9. The first kappa shape index (κ1) is 23.1. The Bertz CT molecular complexity index is 507. The van der Waals surface area contributed by atoms with E-state index in [1.54, 1.807) is 0 Å². The minimum atomic E-state index is -0.375. The molecule has 1 amide bonds. The van der Waals surface area contributed by atoms with Crippen LogP contribution >= 0.6 is 0 Å². The Hall–Kier alpha value is -1.21. The van der Waals surface area contributed by atoms with E-state index in [0.717, 1.165) is 51.4 Å². The van der Waals surface area contributed by atoms with E-state index in [1.807, 2.05) is 6.08 Å². The Labute approximate surface area is 168 Å². The van der Waals surface area contributed by atoms with Crippen LogP contribution in [0.25, 0.3) is 0 Å². The third-order valence-electron chi connectivity index (χ3n) is 5.61. The van der Waals surface area contributed by atoms with Crippen molar-refractivity contribution in [2.45, 2.75) is 83.0 Å². The molecule has 1 heterocycles. The second-order valence-corrected chi connectivity index (χ2v) is 7.87. The number of fused-ring (bicyclic) bond motifs is 2. The lowest BCUT2D eigenvalue weighted by atomic mass is 9.89. The summed E-state index contributed by atoms with van der Waals surface area (Å²) in [6, 6.07) is 0. The summed E-state index contributed by atoms with van der Waals surface area (Å²) < 4.78 is 0. The molecule has 2 rings (SSSR count). The van der Waals surface area contributed by atoms with Crippen LogP contribution in [0.4, 0.5) is 0 Å². The van der Waals surface area contributed by atoms with Gasteiger partial charge in [-0.05, 0) is 25.7 Å². The zero-order valence-electron chi connectivity index (χ0n) is 17.1. The van der Waals surface area contributed by atoms with Crippen LogP contribution in [0.3, 0.4) is 0 Å². The molecule has 0 aromatic rings. The standard InChI is InChI=1S/C22H37NO5/c1-2-3-6-9-17(25)12-13-19-18(20-16-21(19)28-27-20)10-7-4-5-8-11-22(26)23-14-15-24/h4,7,12-13,17-21,24-25H,2-3,5-6,8-11,14-16H2,1H3,(H,23,26)/b7-4+,13-12+. The highest BCUT2D eigenvalue weighted by Crippen LogP contribution is 2.44. The van der Waals surface area contributed by atoms with Crippen molar-refractivity contribution in [3.8, 4) is 0 Å². The number of aliphatic hydroxyl groups is 2. The highest BCUT2D eigenvalue weighted by atomic mass is 17.2. The maximum atomic E-state index is 11.5. The van der Waals surface area contributed by atoms with Crippen molar-refractivity contribution in [2.75, 3.05) is 13.2 Å². The van der Waals surface area contributed by atoms with E-state index >= 15 is 0 Å². The number of carbonyl (C=O) groups excluding carboxylic acids is 1. The van der Waals surface area contributed by atoms with Crippen molar-refractivity contribution in [2.24, 2.45) is 11.8 Å². The predicted octanol–water partition coefficient (Wildman–Crippen LogP) is 3.04. The molecule has 1 aliphatic carbocycles. The molecule has 2 bridgehead atoms. The zero-order valence-corrected chi connectivity index (χ0v) is 17.1. The van der Waals surface area contributed by atoms with Crippen molar-refractivity contribution in [3.05, 3.63) is 24.3 Å². The summed E-state index contributed by atoms with van der Waals surface area (Å²) in [6.45, 7) is 2.47. The van der Waals surface area contributed by atoms with E-state index in [4.69, 9.17) is 14.9 Å². The Morgan fingerprint density at radius 1 is 1.21 bits per heavy atom. The van der Waals surface area contributed by atoms with Gasteiger partial charge in [0.05, 0.1) is 18.8 Å². The predicted molar refractivity (Wildman–Crippen MR) is 108 cm³/mol. The van der Waals surface area contributed by atoms with Crippen LogP contribution in [0.1, 0.15) is 64.7 Å². The summed E-state index contributed by atoms with van der Waals surface area (Å²) in [5.74, 6) is 0.652. The second kappa shape index (κ2) is 13.1. The summed E-state index contributed by atoms with van der Waals surface area (Å²) in [6.07, 6.45) is 16.4. The molecule has 5 unspecified atom stereocenters. The molecule has 2 aliphatic rings. The normalized spacial score (nSPS) is 27.8. The minimum absolute atomic E-state index is 0.0104. The fourth-order valence-electron chi connectivity index (χ4n) is 4.01. The largest absolute Gasteiger partial charge is 0.395 e. The highest BCUT2D eigenvalue weighted by Gasteiger charge is 2.49. The Morgan fingerprint density at radius 2 is 2.04 bits per heavy atom. The first-order valence-electron chi connectivity index (χ1n) is 10.9. The number of hydrogen-bond donors (Lipinski definition) is 3. The molecule has 6 nitrogen and oxygen atoms in total. The fourth-order valence-corrected chi connectivity index (χ4v) is 4.01. The van der Waals surface area contributed by atoms with Gasteiger partial charge in [0.2, 0.25) is 5.91 Å². The number of allylic oxidation sites excluding steroid dienone is 2. The van der Waals surface area contributed by atoms with E-state index in [2.05, 4.69) is 30.5 Å². The van der Waals surface area contributed by atoms with Crippen LogP contribution in [-0.2, 0) is 14.6 Å². The topological polar surface area (TPSA) is 88.0 Å². The summed E-state index contributed by atoms with van der Waals surface area (Å²) in [7, 11) is 0. The van der Waals surface area contributed by atoms with E-state index in [0.29, 0.717) is 18.9 Å². The molecule has 2 fully saturated rings. The number of carbonyl (C=O) groups is 1. The molecule has 3 N–H and O–H groups in total. The molecule has 1 saturated carbocycles. The van der Waals surface area contributed by atoms with Gasteiger partial charge in [-0.1, -0.05) is 50.5 Å². The number of hydrogen-bond acceptors (Lipinski definition) is 5. The van der Waals surface area contributed by atoms with Crippen molar-refractivity contribution >= 4 is 5.91 Å². The molecule has 1 saturated heterocycles. The molecule has 0 spiro atoms. The maximum Gasteiger partial charge on any atom is 0.220 e. The van der Waals surface area contributed by atoms with Gasteiger partial charge in [-0.2, -0.15) is 0 Å². The summed E-state index contributed by atoms with van der Waals surface area (Å²) >= 11 is 0. The fraction of sp³-hybridized carbons (Fsp3) is 0.773. The van der Waals surface area contributed by atoms with Gasteiger partial charge in [0, 0.05) is 31.2 Å². The molecule has 0 aromatic carbocycles. The van der Waals surface area contributed by atoms with Crippen LogP contribution in [0.15, 0.2) is 24.3 Å². The maximum absolute atomic E-state index is 11.5. The average molecular weight is 396 g/mol. The smallest absolute Gasteiger partial charge is 0.220 e. The van der Waals surface area contributed by atoms with Gasteiger partial charge in [0.15, 0.2) is 0 Å². The number of unbranched alkanes of at least 4 members (excludes halogenated alkanes) is 3. The van der Waals surface area contributed by atoms with E-state index in [9.17, 15) is 9.90 Å².